The monoisotopic (exact) mass is 336 g/mol. The minimum atomic E-state index is 0.456. The maximum Gasteiger partial charge on any atom is 0.126 e. The Morgan fingerprint density at radius 1 is 1.25 bits per heavy atom. The first-order chi connectivity index (χ1) is 9.72. The van der Waals surface area contributed by atoms with Gasteiger partial charge in [0, 0.05) is 28.5 Å². The molecular weight excluding hydrogens is 320 g/mol. The second-order valence-corrected chi connectivity index (χ2v) is 5.23. The Kier molecular flexibility index (Phi) is 5.38. The molecular formula is C15H17BrN2O2. The van der Waals surface area contributed by atoms with Crippen LogP contribution in [0.1, 0.15) is 11.1 Å². The molecule has 0 aliphatic carbocycles. The number of nitrogens with zero attached hydrogens (tertiary/aromatic N) is 1. The van der Waals surface area contributed by atoms with E-state index >= 15 is 0 Å². The van der Waals surface area contributed by atoms with Gasteiger partial charge in [-0.2, -0.15) is 0 Å². The average Bonchev–Trinajstić information content (AvgIpc) is 2.46. The molecule has 2 aromatic rings. The summed E-state index contributed by atoms with van der Waals surface area (Å²) < 4.78 is 12.0. The Morgan fingerprint density at radius 2 is 2.10 bits per heavy atom. The lowest BCUT2D eigenvalue weighted by Gasteiger charge is -2.12. The summed E-state index contributed by atoms with van der Waals surface area (Å²) in [6.45, 7) is 1.04. The molecule has 0 aliphatic rings. The van der Waals surface area contributed by atoms with Gasteiger partial charge in [-0.3, -0.25) is 4.98 Å². The lowest BCUT2D eigenvalue weighted by Crippen LogP contribution is -2.06. The summed E-state index contributed by atoms with van der Waals surface area (Å²) in [7, 11) is 1.64. The third kappa shape index (κ3) is 3.95. The van der Waals surface area contributed by atoms with Crippen molar-refractivity contribution in [3.8, 4) is 11.5 Å². The van der Waals surface area contributed by atoms with E-state index in [0.717, 1.165) is 33.5 Å². The van der Waals surface area contributed by atoms with E-state index in [4.69, 9.17) is 15.2 Å². The average molecular weight is 337 g/mol. The fourth-order valence-electron chi connectivity index (χ4n) is 1.85. The minimum absolute atomic E-state index is 0.456. The third-order valence-corrected chi connectivity index (χ3v) is 3.28. The molecule has 20 heavy (non-hydrogen) atoms. The Hall–Kier alpha value is -1.59. The molecule has 1 aromatic heterocycles. The first-order valence-corrected chi connectivity index (χ1v) is 7.11. The van der Waals surface area contributed by atoms with Gasteiger partial charge in [-0.25, -0.2) is 0 Å². The van der Waals surface area contributed by atoms with Gasteiger partial charge in [0.05, 0.1) is 7.11 Å². The topological polar surface area (TPSA) is 57.4 Å². The summed E-state index contributed by atoms with van der Waals surface area (Å²) in [5.41, 5.74) is 7.70. The molecule has 0 amide bonds. The van der Waals surface area contributed by atoms with Gasteiger partial charge in [0.2, 0.25) is 0 Å². The number of nitrogens with two attached hydrogens (primary N) is 1. The van der Waals surface area contributed by atoms with Crippen molar-refractivity contribution in [2.24, 2.45) is 5.73 Å². The molecule has 0 bridgehead atoms. The quantitative estimate of drug-likeness (QED) is 0.881. The number of halogens is 1. The predicted molar refractivity (Wildman–Crippen MR) is 82.0 cm³/mol. The van der Waals surface area contributed by atoms with Crippen molar-refractivity contribution in [3.63, 3.8) is 0 Å². The molecule has 0 saturated carbocycles. The molecule has 0 spiro atoms. The van der Waals surface area contributed by atoms with Gasteiger partial charge in [0.15, 0.2) is 0 Å². The second kappa shape index (κ2) is 7.26. The molecule has 0 atom stereocenters. The number of benzene rings is 1. The van der Waals surface area contributed by atoms with Crippen molar-refractivity contribution in [2.75, 3.05) is 13.7 Å². The van der Waals surface area contributed by atoms with Crippen molar-refractivity contribution < 1.29 is 9.47 Å². The van der Waals surface area contributed by atoms with Crippen molar-refractivity contribution in [3.05, 3.63) is 52.3 Å². The van der Waals surface area contributed by atoms with Crippen LogP contribution in [0.15, 0.2) is 41.1 Å². The zero-order chi connectivity index (χ0) is 14.4. The van der Waals surface area contributed by atoms with E-state index in [0.29, 0.717) is 13.2 Å². The highest BCUT2D eigenvalue weighted by Gasteiger charge is 2.06. The van der Waals surface area contributed by atoms with Crippen LogP contribution in [0.2, 0.25) is 0 Å². The molecule has 0 fully saturated rings. The Balaban J connectivity index is 2.14. The number of methoxy groups -OCH3 is 1. The van der Waals surface area contributed by atoms with Gasteiger partial charge < -0.3 is 15.2 Å². The maximum atomic E-state index is 5.88. The third-order valence-electron chi connectivity index (χ3n) is 2.84. The van der Waals surface area contributed by atoms with Crippen LogP contribution in [-0.4, -0.2) is 18.6 Å². The summed E-state index contributed by atoms with van der Waals surface area (Å²) in [6, 6.07) is 7.77. The van der Waals surface area contributed by atoms with Crippen LogP contribution in [0.25, 0.3) is 0 Å². The predicted octanol–water partition coefficient (Wildman–Crippen LogP) is 2.93. The van der Waals surface area contributed by atoms with Crippen LogP contribution < -0.4 is 15.2 Å². The van der Waals surface area contributed by atoms with Gasteiger partial charge in [-0.15, -0.1) is 0 Å². The summed E-state index contributed by atoms with van der Waals surface area (Å²) >= 11 is 3.40. The van der Waals surface area contributed by atoms with E-state index in [2.05, 4.69) is 20.9 Å². The number of hydrogen-bond donors (Lipinski definition) is 1. The number of ether oxygens (including phenoxy) is 2. The van der Waals surface area contributed by atoms with Crippen LogP contribution in [0.3, 0.4) is 0 Å². The van der Waals surface area contributed by atoms with E-state index in [1.165, 1.54) is 0 Å². The zero-order valence-corrected chi connectivity index (χ0v) is 12.9. The van der Waals surface area contributed by atoms with Crippen molar-refractivity contribution in [1.82, 2.24) is 4.98 Å². The van der Waals surface area contributed by atoms with Crippen molar-refractivity contribution in [2.45, 2.75) is 13.0 Å². The largest absolute Gasteiger partial charge is 0.497 e. The van der Waals surface area contributed by atoms with Crippen LogP contribution in [-0.2, 0) is 13.0 Å². The smallest absolute Gasteiger partial charge is 0.126 e. The highest BCUT2D eigenvalue weighted by Crippen LogP contribution is 2.26. The first kappa shape index (κ1) is 14.8. The first-order valence-electron chi connectivity index (χ1n) is 6.32. The number of pyridine rings is 1. The van der Waals surface area contributed by atoms with Crippen molar-refractivity contribution in [1.29, 1.82) is 0 Å². The molecule has 0 aliphatic heterocycles. The molecule has 2 N–H and O–H groups in total. The lowest BCUT2D eigenvalue weighted by atomic mass is 10.1. The molecule has 0 saturated heterocycles. The second-order valence-electron chi connectivity index (χ2n) is 4.31. The van der Waals surface area contributed by atoms with E-state index < -0.39 is 0 Å². The highest BCUT2D eigenvalue weighted by molar-refractivity contribution is 9.10. The highest BCUT2D eigenvalue weighted by atomic mass is 79.9. The Labute approximate surface area is 127 Å². The Bertz CT molecular complexity index is 576. The molecule has 1 heterocycles. The molecule has 0 radical (unpaired) electrons. The number of rotatable bonds is 6. The Morgan fingerprint density at radius 3 is 2.80 bits per heavy atom. The molecule has 2 rings (SSSR count). The van der Waals surface area contributed by atoms with Gasteiger partial charge in [0.25, 0.3) is 0 Å². The van der Waals surface area contributed by atoms with Crippen LogP contribution in [0.4, 0.5) is 0 Å². The summed E-state index contributed by atoms with van der Waals surface area (Å²) in [6.07, 6.45) is 4.30. The van der Waals surface area contributed by atoms with Crippen LogP contribution >= 0.6 is 15.9 Å². The van der Waals surface area contributed by atoms with Gasteiger partial charge in [-0.1, -0.05) is 6.07 Å². The number of aromatic nitrogens is 1. The van der Waals surface area contributed by atoms with E-state index in [1.807, 2.05) is 24.3 Å². The van der Waals surface area contributed by atoms with Gasteiger partial charge >= 0.3 is 0 Å². The van der Waals surface area contributed by atoms with E-state index in [1.54, 1.807) is 19.5 Å². The van der Waals surface area contributed by atoms with E-state index in [-0.39, 0.29) is 0 Å². The lowest BCUT2D eigenvalue weighted by molar-refractivity contribution is 0.300. The maximum absolute atomic E-state index is 5.88. The molecule has 0 unspecified atom stereocenters. The minimum Gasteiger partial charge on any atom is -0.497 e. The SMILES string of the molecule is COc1ccc(CCN)c(OCc2cncc(Br)c2)c1. The summed E-state index contributed by atoms with van der Waals surface area (Å²) in [5.74, 6) is 1.57. The fourth-order valence-corrected chi connectivity index (χ4v) is 2.27. The summed E-state index contributed by atoms with van der Waals surface area (Å²) in [5, 5.41) is 0. The zero-order valence-electron chi connectivity index (χ0n) is 11.3. The molecule has 1 aromatic carbocycles. The standard InChI is InChI=1S/C15H17BrN2O2/c1-19-14-3-2-12(4-5-17)15(7-14)20-10-11-6-13(16)9-18-8-11/h2-3,6-9H,4-5,10,17H2,1H3. The summed E-state index contributed by atoms with van der Waals surface area (Å²) in [4.78, 5) is 4.12. The van der Waals surface area contributed by atoms with Crippen LogP contribution in [0.5, 0.6) is 11.5 Å². The normalized spacial score (nSPS) is 10.3. The van der Waals surface area contributed by atoms with Gasteiger partial charge in [0.1, 0.15) is 18.1 Å². The molecule has 5 heteroatoms. The van der Waals surface area contributed by atoms with Gasteiger partial charge in [-0.05, 0) is 46.6 Å². The van der Waals surface area contributed by atoms with E-state index in [9.17, 15) is 0 Å². The fraction of sp³-hybridized carbons (Fsp3) is 0.267. The number of hydrogen-bond acceptors (Lipinski definition) is 4. The molecule has 4 nitrogen and oxygen atoms in total. The van der Waals surface area contributed by atoms with Crippen LogP contribution in [0, 0.1) is 0 Å². The molecule has 106 valence electrons. The van der Waals surface area contributed by atoms with Crippen molar-refractivity contribution >= 4 is 15.9 Å².